The van der Waals surface area contributed by atoms with Gasteiger partial charge in [0.2, 0.25) is 0 Å². The maximum absolute atomic E-state index is 12.3. The van der Waals surface area contributed by atoms with Crippen molar-refractivity contribution in [3.8, 4) is 5.75 Å². The number of carbonyl (C=O) groups is 1. The number of carbonyl (C=O) groups excluding carboxylic acids is 1. The van der Waals surface area contributed by atoms with E-state index in [0.717, 1.165) is 11.9 Å². The fourth-order valence-corrected chi connectivity index (χ4v) is 3.33. The number of anilines is 1. The number of thiazole rings is 1. The van der Waals surface area contributed by atoms with Crippen molar-refractivity contribution in [2.75, 3.05) is 11.6 Å². The summed E-state index contributed by atoms with van der Waals surface area (Å²) in [7, 11) is -3.26. The van der Waals surface area contributed by atoms with Crippen LogP contribution in [0.1, 0.15) is 16.1 Å². The van der Waals surface area contributed by atoms with Crippen LogP contribution in [0, 0.1) is 0 Å². The van der Waals surface area contributed by atoms with Gasteiger partial charge in [-0.2, -0.15) is 0 Å². The van der Waals surface area contributed by atoms with Crippen LogP contribution in [0.15, 0.2) is 64.3 Å². The quantitative estimate of drug-likeness (QED) is 0.700. The number of sulfone groups is 1. The summed E-state index contributed by atoms with van der Waals surface area (Å²) < 4.78 is 28.5. The Morgan fingerprint density at radius 3 is 2.38 bits per heavy atom. The third-order valence-corrected chi connectivity index (χ3v) is 5.29. The Hall–Kier alpha value is -2.71. The molecule has 0 radical (unpaired) electrons. The van der Waals surface area contributed by atoms with Crippen LogP contribution < -0.4 is 10.1 Å². The Morgan fingerprint density at radius 1 is 1.12 bits per heavy atom. The van der Waals surface area contributed by atoms with Gasteiger partial charge >= 0.3 is 0 Å². The molecule has 0 saturated heterocycles. The molecular formula is C18H16N2O4S2. The molecule has 1 heterocycles. The lowest BCUT2D eigenvalue weighted by molar-refractivity contribution is 0.102. The molecule has 0 fully saturated rings. The van der Waals surface area contributed by atoms with Crippen LogP contribution in [0.5, 0.6) is 5.75 Å². The molecule has 3 rings (SSSR count). The number of rotatable bonds is 6. The average Bonchev–Trinajstić information content (AvgIpc) is 3.13. The van der Waals surface area contributed by atoms with Crippen molar-refractivity contribution in [2.45, 2.75) is 11.5 Å². The molecule has 0 aliphatic rings. The van der Waals surface area contributed by atoms with Crippen LogP contribution in [-0.2, 0) is 16.4 Å². The van der Waals surface area contributed by atoms with E-state index in [-0.39, 0.29) is 10.8 Å². The summed E-state index contributed by atoms with van der Waals surface area (Å²) in [5, 5.41) is 4.64. The molecule has 0 spiro atoms. The van der Waals surface area contributed by atoms with Crippen molar-refractivity contribution in [3.63, 3.8) is 0 Å². The highest BCUT2D eigenvalue weighted by Crippen LogP contribution is 2.17. The Labute approximate surface area is 155 Å². The van der Waals surface area contributed by atoms with E-state index in [9.17, 15) is 13.2 Å². The molecular weight excluding hydrogens is 372 g/mol. The lowest BCUT2D eigenvalue weighted by Crippen LogP contribution is -2.11. The Bertz CT molecular complexity index is 981. The third-order valence-electron chi connectivity index (χ3n) is 3.53. The Kier molecular flexibility index (Phi) is 5.34. The SMILES string of the molecule is CS(=O)(=O)c1ccc(NC(=O)c2ccc(OCc3cscn3)cc2)cc1. The Morgan fingerprint density at radius 2 is 1.81 bits per heavy atom. The van der Waals surface area contributed by atoms with Gasteiger partial charge in [-0.3, -0.25) is 4.79 Å². The van der Waals surface area contributed by atoms with Gasteiger partial charge in [0.25, 0.3) is 5.91 Å². The monoisotopic (exact) mass is 388 g/mol. The number of amides is 1. The maximum Gasteiger partial charge on any atom is 0.255 e. The standard InChI is InChI=1S/C18H16N2O4S2/c1-26(22,23)17-8-4-14(5-9-17)20-18(21)13-2-6-16(7-3-13)24-10-15-11-25-12-19-15/h2-9,11-12H,10H2,1H3,(H,20,21). The molecule has 26 heavy (non-hydrogen) atoms. The second-order valence-corrected chi connectivity index (χ2v) is 8.28. The second kappa shape index (κ2) is 7.67. The van der Waals surface area contributed by atoms with Crippen molar-refractivity contribution in [1.29, 1.82) is 0 Å². The molecule has 0 aliphatic heterocycles. The molecule has 8 heteroatoms. The van der Waals surface area contributed by atoms with Crippen molar-refractivity contribution in [2.24, 2.45) is 0 Å². The van der Waals surface area contributed by atoms with Crippen molar-refractivity contribution in [3.05, 3.63) is 70.7 Å². The minimum Gasteiger partial charge on any atom is -0.487 e. The second-order valence-electron chi connectivity index (χ2n) is 5.54. The normalized spacial score (nSPS) is 11.1. The molecule has 3 aromatic rings. The van der Waals surface area contributed by atoms with Crippen molar-refractivity contribution < 1.29 is 17.9 Å². The van der Waals surface area contributed by atoms with Gasteiger partial charge in [-0.25, -0.2) is 13.4 Å². The third kappa shape index (κ3) is 4.68. The summed E-state index contributed by atoms with van der Waals surface area (Å²) in [4.78, 5) is 16.6. The van der Waals surface area contributed by atoms with Gasteiger partial charge < -0.3 is 10.1 Å². The van der Waals surface area contributed by atoms with E-state index >= 15 is 0 Å². The fraction of sp³-hybridized carbons (Fsp3) is 0.111. The van der Waals surface area contributed by atoms with Crippen molar-refractivity contribution in [1.82, 2.24) is 4.98 Å². The van der Waals surface area contributed by atoms with Gasteiger partial charge in [-0.15, -0.1) is 11.3 Å². The van der Waals surface area contributed by atoms with Gasteiger partial charge in [0.15, 0.2) is 9.84 Å². The molecule has 6 nitrogen and oxygen atoms in total. The minimum absolute atomic E-state index is 0.206. The summed E-state index contributed by atoms with van der Waals surface area (Å²) in [5.74, 6) is 0.357. The van der Waals surface area contributed by atoms with Crippen LogP contribution >= 0.6 is 11.3 Å². The van der Waals surface area contributed by atoms with Gasteiger partial charge in [-0.1, -0.05) is 0 Å². The predicted molar refractivity (Wildman–Crippen MR) is 100 cm³/mol. The van der Waals surface area contributed by atoms with E-state index in [4.69, 9.17) is 4.74 Å². The number of ether oxygens (including phenoxy) is 1. The molecule has 1 N–H and O–H groups in total. The highest BCUT2D eigenvalue weighted by molar-refractivity contribution is 7.90. The Balaban J connectivity index is 1.61. The van der Waals surface area contributed by atoms with E-state index in [1.165, 1.54) is 23.5 Å². The first-order valence-electron chi connectivity index (χ1n) is 7.63. The van der Waals surface area contributed by atoms with E-state index < -0.39 is 9.84 Å². The number of benzene rings is 2. The zero-order valence-corrected chi connectivity index (χ0v) is 15.5. The number of nitrogens with zero attached hydrogens (tertiary/aromatic N) is 1. The molecule has 1 amide bonds. The van der Waals surface area contributed by atoms with Gasteiger partial charge in [0, 0.05) is 22.9 Å². The van der Waals surface area contributed by atoms with Crippen LogP contribution in [0.25, 0.3) is 0 Å². The maximum atomic E-state index is 12.3. The summed E-state index contributed by atoms with van der Waals surface area (Å²) in [6.07, 6.45) is 1.14. The average molecular weight is 388 g/mol. The number of aromatic nitrogens is 1. The summed E-state index contributed by atoms with van der Waals surface area (Å²) in [5.41, 5.74) is 3.59. The molecule has 0 saturated carbocycles. The van der Waals surface area contributed by atoms with E-state index in [1.54, 1.807) is 41.9 Å². The highest BCUT2D eigenvalue weighted by atomic mass is 32.2. The molecule has 2 aromatic carbocycles. The van der Waals surface area contributed by atoms with Crippen LogP contribution in [0.4, 0.5) is 5.69 Å². The lowest BCUT2D eigenvalue weighted by atomic mass is 10.2. The predicted octanol–water partition coefficient (Wildman–Crippen LogP) is 3.38. The largest absolute Gasteiger partial charge is 0.487 e. The van der Waals surface area contributed by atoms with Gasteiger partial charge in [-0.05, 0) is 48.5 Å². The molecule has 134 valence electrons. The minimum atomic E-state index is -3.26. The van der Waals surface area contributed by atoms with E-state index in [0.29, 0.717) is 23.6 Å². The fourth-order valence-electron chi connectivity index (χ4n) is 2.16. The van der Waals surface area contributed by atoms with Crippen LogP contribution in [0.2, 0.25) is 0 Å². The number of hydrogen-bond acceptors (Lipinski definition) is 6. The first-order valence-corrected chi connectivity index (χ1v) is 10.5. The summed E-state index contributed by atoms with van der Waals surface area (Å²) in [6.45, 7) is 0.377. The zero-order chi connectivity index (χ0) is 18.6. The van der Waals surface area contributed by atoms with Gasteiger partial charge in [0.1, 0.15) is 12.4 Å². The van der Waals surface area contributed by atoms with Crippen molar-refractivity contribution >= 4 is 32.8 Å². The highest BCUT2D eigenvalue weighted by Gasteiger charge is 2.09. The first kappa shape index (κ1) is 18.1. The first-order chi connectivity index (χ1) is 12.4. The number of hydrogen-bond donors (Lipinski definition) is 1. The lowest BCUT2D eigenvalue weighted by Gasteiger charge is -2.08. The molecule has 1 aromatic heterocycles. The summed E-state index contributed by atoms with van der Waals surface area (Å²) >= 11 is 1.51. The molecule has 0 atom stereocenters. The molecule has 0 aliphatic carbocycles. The van der Waals surface area contributed by atoms with Crippen LogP contribution in [-0.4, -0.2) is 25.6 Å². The number of nitrogens with one attached hydrogen (secondary N) is 1. The smallest absolute Gasteiger partial charge is 0.255 e. The zero-order valence-electron chi connectivity index (χ0n) is 13.9. The van der Waals surface area contributed by atoms with E-state index in [1.807, 2.05) is 5.38 Å². The van der Waals surface area contributed by atoms with E-state index in [2.05, 4.69) is 10.3 Å². The topological polar surface area (TPSA) is 85.4 Å². The van der Waals surface area contributed by atoms with Crippen LogP contribution in [0.3, 0.4) is 0 Å². The van der Waals surface area contributed by atoms with Gasteiger partial charge in [0.05, 0.1) is 16.1 Å². The molecule has 0 bridgehead atoms. The molecule has 0 unspecified atom stereocenters. The summed E-state index contributed by atoms with van der Waals surface area (Å²) in [6, 6.07) is 12.8.